The Labute approximate surface area is 158 Å². The number of carbonyl (C=O) groups excluding carboxylic acids is 1. The summed E-state index contributed by atoms with van der Waals surface area (Å²) >= 11 is 0. The third-order valence-corrected chi connectivity index (χ3v) is 5.14. The van der Waals surface area contributed by atoms with Gasteiger partial charge in [0.05, 0.1) is 12.2 Å². The zero-order valence-electron chi connectivity index (χ0n) is 15.6. The molecule has 0 bridgehead atoms. The molecule has 0 aliphatic carbocycles. The molecule has 2 aromatic heterocycles. The second-order valence-electron chi connectivity index (χ2n) is 7.35. The number of anilines is 2. The van der Waals surface area contributed by atoms with Gasteiger partial charge in [-0.1, -0.05) is 26.0 Å². The molecule has 140 valence electrons. The van der Waals surface area contributed by atoms with Crippen LogP contribution < -0.4 is 10.2 Å². The minimum atomic E-state index is -0.0727. The standard InChI is InChI=1S/C20H24N6O/c1-13(2)14-5-7-16(8-6-14)25-20(27)15-4-3-9-26(10-15)19-17-18(22-11-21-17)23-12-24-19/h5-8,11-13,15H,3-4,9-10H2,1-2H3,(H,25,27)(H,21,22,23,24)/t15-/m1/s1. The largest absolute Gasteiger partial charge is 0.354 e. The Morgan fingerprint density at radius 3 is 2.81 bits per heavy atom. The van der Waals surface area contributed by atoms with Crippen LogP contribution in [0.1, 0.15) is 38.2 Å². The van der Waals surface area contributed by atoms with Gasteiger partial charge in [-0.25, -0.2) is 15.0 Å². The minimum Gasteiger partial charge on any atom is -0.354 e. The van der Waals surface area contributed by atoms with Gasteiger partial charge in [-0.15, -0.1) is 0 Å². The summed E-state index contributed by atoms with van der Waals surface area (Å²) in [5.41, 5.74) is 3.59. The third-order valence-electron chi connectivity index (χ3n) is 5.14. The molecule has 3 heterocycles. The molecule has 0 unspecified atom stereocenters. The van der Waals surface area contributed by atoms with Gasteiger partial charge in [0.15, 0.2) is 11.5 Å². The fraction of sp³-hybridized carbons (Fsp3) is 0.400. The maximum Gasteiger partial charge on any atom is 0.229 e. The van der Waals surface area contributed by atoms with E-state index < -0.39 is 0 Å². The van der Waals surface area contributed by atoms with E-state index in [9.17, 15) is 4.79 Å². The van der Waals surface area contributed by atoms with Crippen molar-refractivity contribution < 1.29 is 4.79 Å². The van der Waals surface area contributed by atoms with Gasteiger partial charge in [0.1, 0.15) is 11.8 Å². The van der Waals surface area contributed by atoms with E-state index in [1.165, 1.54) is 11.9 Å². The van der Waals surface area contributed by atoms with E-state index in [2.05, 4.69) is 56.1 Å². The van der Waals surface area contributed by atoms with Crippen LogP contribution in [0.15, 0.2) is 36.9 Å². The average Bonchev–Trinajstić information content (AvgIpc) is 3.17. The molecule has 1 aromatic carbocycles. The summed E-state index contributed by atoms with van der Waals surface area (Å²) < 4.78 is 0. The maximum atomic E-state index is 12.8. The molecular weight excluding hydrogens is 340 g/mol. The van der Waals surface area contributed by atoms with E-state index in [0.717, 1.165) is 36.4 Å². The average molecular weight is 364 g/mol. The summed E-state index contributed by atoms with van der Waals surface area (Å²) in [5, 5.41) is 3.06. The monoisotopic (exact) mass is 364 g/mol. The van der Waals surface area contributed by atoms with Crippen LogP contribution in [0.25, 0.3) is 11.2 Å². The number of benzene rings is 1. The Kier molecular flexibility index (Phi) is 4.75. The van der Waals surface area contributed by atoms with Crippen LogP contribution in [0, 0.1) is 5.92 Å². The van der Waals surface area contributed by atoms with E-state index in [1.807, 2.05) is 12.1 Å². The number of hydrogen-bond donors (Lipinski definition) is 2. The summed E-state index contributed by atoms with van der Waals surface area (Å²) in [6.07, 6.45) is 4.98. The molecule has 4 rings (SSSR count). The van der Waals surface area contributed by atoms with Gasteiger partial charge >= 0.3 is 0 Å². The van der Waals surface area contributed by atoms with Gasteiger partial charge in [0, 0.05) is 18.8 Å². The van der Waals surface area contributed by atoms with Gasteiger partial charge in [-0.05, 0) is 36.5 Å². The predicted molar refractivity (Wildman–Crippen MR) is 106 cm³/mol. The summed E-state index contributed by atoms with van der Waals surface area (Å²) in [5.74, 6) is 1.29. The van der Waals surface area contributed by atoms with Crippen molar-refractivity contribution in [2.75, 3.05) is 23.3 Å². The number of carbonyl (C=O) groups is 1. The summed E-state index contributed by atoms with van der Waals surface area (Å²) in [6.45, 7) is 5.83. The first-order chi connectivity index (χ1) is 13.1. The molecular formula is C20H24N6O. The molecule has 1 aliphatic heterocycles. The fourth-order valence-corrected chi connectivity index (χ4v) is 3.57. The number of rotatable bonds is 4. The van der Waals surface area contributed by atoms with Gasteiger partial charge in [0.2, 0.25) is 5.91 Å². The number of amides is 1. The summed E-state index contributed by atoms with van der Waals surface area (Å²) in [4.78, 5) is 30.8. The number of aromatic amines is 1. The second kappa shape index (κ2) is 7.34. The highest BCUT2D eigenvalue weighted by Crippen LogP contribution is 2.26. The molecule has 0 saturated carbocycles. The molecule has 2 N–H and O–H groups in total. The molecule has 1 amide bonds. The Morgan fingerprint density at radius 2 is 2.04 bits per heavy atom. The minimum absolute atomic E-state index is 0.0620. The van der Waals surface area contributed by atoms with Crippen LogP contribution in [-0.2, 0) is 4.79 Å². The first-order valence-electron chi connectivity index (χ1n) is 9.41. The SMILES string of the molecule is CC(C)c1ccc(NC(=O)[C@@H]2CCCN(c3ncnc4nc[nH]c34)C2)cc1. The predicted octanol–water partition coefficient (Wildman–Crippen LogP) is 3.33. The number of piperidine rings is 1. The number of nitrogens with zero attached hydrogens (tertiary/aromatic N) is 4. The van der Waals surface area contributed by atoms with Crippen molar-refractivity contribution >= 4 is 28.6 Å². The first kappa shape index (κ1) is 17.5. The highest BCUT2D eigenvalue weighted by molar-refractivity contribution is 5.93. The summed E-state index contributed by atoms with van der Waals surface area (Å²) in [7, 11) is 0. The van der Waals surface area contributed by atoms with E-state index in [1.54, 1.807) is 6.33 Å². The van der Waals surface area contributed by atoms with E-state index in [0.29, 0.717) is 18.1 Å². The highest BCUT2D eigenvalue weighted by Gasteiger charge is 2.28. The van der Waals surface area contributed by atoms with Crippen molar-refractivity contribution in [3.05, 3.63) is 42.5 Å². The second-order valence-corrected chi connectivity index (χ2v) is 7.35. The smallest absolute Gasteiger partial charge is 0.229 e. The maximum absolute atomic E-state index is 12.8. The molecule has 1 fully saturated rings. The Balaban J connectivity index is 1.46. The topological polar surface area (TPSA) is 86.8 Å². The molecule has 27 heavy (non-hydrogen) atoms. The van der Waals surface area contributed by atoms with E-state index >= 15 is 0 Å². The van der Waals surface area contributed by atoms with Crippen LogP contribution in [0.3, 0.4) is 0 Å². The molecule has 7 nitrogen and oxygen atoms in total. The van der Waals surface area contributed by atoms with Crippen molar-refractivity contribution in [1.82, 2.24) is 19.9 Å². The van der Waals surface area contributed by atoms with Crippen molar-refractivity contribution in [3.8, 4) is 0 Å². The van der Waals surface area contributed by atoms with Gasteiger partial charge in [-0.2, -0.15) is 0 Å². The lowest BCUT2D eigenvalue weighted by molar-refractivity contribution is -0.120. The highest BCUT2D eigenvalue weighted by atomic mass is 16.1. The van der Waals surface area contributed by atoms with Crippen LogP contribution in [-0.4, -0.2) is 38.9 Å². The van der Waals surface area contributed by atoms with Crippen molar-refractivity contribution in [1.29, 1.82) is 0 Å². The van der Waals surface area contributed by atoms with Crippen LogP contribution in [0.5, 0.6) is 0 Å². The number of nitrogens with one attached hydrogen (secondary N) is 2. The summed E-state index contributed by atoms with van der Waals surface area (Å²) in [6, 6.07) is 8.10. The van der Waals surface area contributed by atoms with Gasteiger partial charge < -0.3 is 15.2 Å². The number of fused-ring (bicyclic) bond motifs is 1. The molecule has 1 saturated heterocycles. The van der Waals surface area contributed by atoms with E-state index in [4.69, 9.17) is 0 Å². The van der Waals surface area contributed by atoms with Crippen molar-refractivity contribution in [3.63, 3.8) is 0 Å². The number of aromatic nitrogens is 4. The molecule has 7 heteroatoms. The van der Waals surface area contributed by atoms with Crippen molar-refractivity contribution in [2.45, 2.75) is 32.6 Å². The molecule has 1 aliphatic rings. The molecule has 1 atom stereocenters. The van der Waals surface area contributed by atoms with Crippen LogP contribution in [0.2, 0.25) is 0 Å². The normalized spacial score (nSPS) is 17.4. The lowest BCUT2D eigenvalue weighted by atomic mass is 9.96. The van der Waals surface area contributed by atoms with Crippen molar-refractivity contribution in [2.24, 2.45) is 5.92 Å². The number of H-pyrrole nitrogens is 1. The van der Waals surface area contributed by atoms with E-state index in [-0.39, 0.29) is 11.8 Å². The lowest BCUT2D eigenvalue weighted by Gasteiger charge is -2.32. The Morgan fingerprint density at radius 1 is 1.22 bits per heavy atom. The Hall–Kier alpha value is -2.96. The molecule has 3 aromatic rings. The lowest BCUT2D eigenvalue weighted by Crippen LogP contribution is -2.41. The van der Waals surface area contributed by atoms with Crippen LogP contribution in [0.4, 0.5) is 11.5 Å². The van der Waals surface area contributed by atoms with Gasteiger partial charge in [-0.3, -0.25) is 4.79 Å². The molecule has 0 spiro atoms. The third kappa shape index (κ3) is 3.63. The molecule has 0 radical (unpaired) electrons. The number of imidazole rings is 1. The van der Waals surface area contributed by atoms with Gasteiger partial charge in [0.25, 0.3) is 0 Å². The Bertz CT molecular complexity index is 933. The fourth-order valence-electron chi connectivity index (χ4n) is 3.57. The number of hydrogen-bond acceptors (Lipinski definition) is 5. The zero-order chi connectivity index (χ0) is 18.8. The first-order valence-corrected chi connectivity index (χ1v) is 9.41. The quantitative estimate of drug-likeness (QED) is 0.741. The zero-order valence-corrected chi connectivity index (χ0v) is 15.6. The van der Waals surface area contributed by atoms with Crippen LogP contribution >= 0.6 is 0 Å².